The molecule has 2 N–H and O–H groups in total. The zero-order chi connectivity index (χ0) is 7.28. The molecule has 0 saturated carbocycles. The minimum atomic E-state index is -1.07. The molecule has 0 rings (SSSR count). The van der Waals surface area contributed by atoms with E-state index in [1.165, 1.54) is 6.08 Å². The standard InChI is InChI=1S/C7H10O2/c1-3-5-7(9)6(8)4-2/h2-3,6-9H,1,5H2. The van der Waals surface area contributed by atoms with E-state index in [4.69, 9.17) is 16.6 Å². The van der Waals surface area contributed by atoms with Gasteiger partial charge in [-0.15, -0.1) is 13.0 Å². The van der Waals surface area contributed by atoms with Crippen LogP contribution in [0.15, 0.2) is 12.7 Å². The van der Waals surface area contributed by atoms with Crippen LogP contribution >= 0.6 is 0 Å². The van der Waals surface area contributed by atoms with Crippen LogP contribution in [0.4, 0.5) is 0 Å². The molecule has 0 saturated heterocycles. The summed E-state index contributed by atoms with van der Waals surface area (Å²) in [6.07, 6.45) is 4.70. The number of terminal acetylenes is 1. The van der Waals surface area contributed by atoms with Crippen LogP contribution in [-0.2, 0) is 0 Å². The first kappa shape index (κ1) is 8.22. The largest absolute Gasteiger partial charge is 0.389 e. The third kappa shape index (κ3) is 2.91. The second kappa shape index (κ2) is 4.13. The van der Waals surface area contributed by atoms with Gasteiger partial charge in [-0.05, 0) is 6.42 Å². The third-order valence-electron chi connectivity index (χ3n) is 0.943. The smallest absolute Gasteiger partial charge is 0.140 e. The lowest BCUT2D eigenvalue weighted by Crippen LogP contribution is -2.22. The molecule has 2 heteroatoms. The summed E-state index contributed by atoms with van der Waals surface area (Å²) in [6.45, 7) is 3.38. The van der Waals surface area contributed by atoms with Crippen molar-refractivity contribution < 1.29 is 10.2 Å². The van der Waals surface area contributed by atoms with Crippen LogP contribution in [0.1, 0.15) is 6.42 Å². The zero-order valence-electron chi connectivity index (χ0n) is 5.12. The van der Waals surface area contributed by atoms with Gasteiger partial charge in [-0.25, -0.2) is 0 Å². The minimum Gasteiger partial charge on any atom is -0.389 e. The fourth-order valence-corrected chi connectivity index (χ4v) is 0.411. The molecule has 0 aromatic heterocycles. The average Bonchev–Trinajstić information content (AvgIpc) is 1.87. The Kier molecular flexibility index (Phi) is 3.78. The van der Waals surface area contributed by atoms with E-state index in [2.05, 4.69) is 6.58 Å². The number of hydrogen-bond donors (Lipinski definition) is 2. The number of aliphatic hydroxyl groups is 2. The lowest BCUT2D eigenvalue weighted by Gasteiger charge is -2.08. The van der Waals surface area contributed by atoms with Gasteiger partial charge in [0.05, 0.1) is 6.10 Å². The van der Waals surface area contributed by atoms with Gasteiger partial charge in [0.25, 0.3) is 0 Å². The summed E-state index contributed by atoms with van der Waals surface area (Å²) in [7, 11) is 0. The second-order valence-corrected chi connectivity index (χ2v) is 1.70. The Morgan fingerprint density at radius 2 is 2.22 bits per heavy atom. The van der Waals surface area contributed by atoms with Crippen molar-refractivity contribution in [2.75, 3.05) is 0 Å². The summed E-state index contributed by atoms with van der Waals surface area (Å²) < 4.78 is 0. The molecule has 0 heterocycles. The first-order chi connectivity index (χ1) is 4.22. The lowest BCUT2D eigenvalue weighted by molar-refractivity contribution is 0.0569. The van der Waals surface area contributed by atoms with Crippen LogP contribution in [0.25, 0.3) is 0 Å². The van der Waals surface area contributed by atoms with Gasteiger partial charge in [0.15, 0.2) is 0 Å². The summed E-state index contributed by atoms with van der Waals surface area (Å²) in [4.78, 5) is 0. The van der Waals surface area contributed by atoms with Crippen LogP contribution in [0, 0.1) is 12.3 Å². The summed E-state index contributed by atoms with van der Waals surface area (Å²) in [6, 6.07) is 0. The molecule has 0 amide bonds. The van der Waals surface area contributed by atoms with E-state index in [0.29, 0.717) is 6.42 Å². The van der Waals surface area contributed by atoms with Gasteiger partial charge in [0.2, 0.25) is 0 Å². The quantitative estimate of drug-likeness (QED) is 0.410. The van der Waals surface area contributed by atoms with Crippen molar-refractivity contribution in [1.82, 2.24) is 0 Å². The molecule has 0 aromatic rings. The van der Waals surface area contributed by atoms with Gasteiger partial charge in [-0.3, -0.25) is 0 Å². The summed E-state index contributed by atoms with van der Waals surface area (Å²) in [5.41, 5.74) is 0. The molecule has 0 spiro atoms. The molecule has 0 bridgehead atoms. The molecule has 2 unspecified atom stereocenters. The first-order valence-electron chi connectivity index (χ1n) is 2.65. The Labute approximate surface area is 54.8 Å². The Morgan fingerprint density at radius 1 is 1.67 bits per heavy atom. The number of rotatable bonds is 3. The predicted molar refractivity (Wildman–Crippen MR) is 35.7 cm³/mol. The van der Waals surface area contributed by atoms with Crippen molar-refractivity contribution in [1.29, 1.82) is 0 Å². The van der Waals surface area contributed by atoms with E-state index in [-0.39, 0.29) is 0 Å². The van der Waals surface area contributed by atoms with E-state index in [0.717, 1.165) is 0 Å². The highest BCUT2D eigenvalue weighted by Gasteiger charge is 2.09. The predicted octanol–water partition coefficient (Wildman–Crippen LogP) is -0.0825. The topological polar surface area (TPSA) is 40.5 Å². The van der Waals surface area contributed by atoms with Gasteiger partial charge in [0, 0.05) is 0 Å². The molecule has 2 nitrogen and oxygen atoms in total. The van der Waals surface area contributed by atoms with Gasteiger partial charge in [0.1, 0.15) is 6.10 Å². The van der Waals surface area contributed by atoms with Gasteiger partial charge in [-0.1, -0.05) is 12.0 Å². The maximum Gasteiger partial charge on any atom is 0.140 e. The third-order valence-corrected chi connectivity index (χ3v) is 0.943. The monoisotopic (exact) mass is 126 g/mol. The fraction of sp³-hybridized carbons (Fsp3) is 0.429. The average molecular weight is 126 g/mol. The van der Waals surface area contributed by atoms with Crippen molar-refractivity contribution in [2.24, 2.45) is 0 Å². The molecular weight excluding hydrogens is 116 g/mol. The van der Waals surface area contributed by atoms with Crippen LogP contribution in [0.3, 0.4) is 0 Å². The molecule has 2 atom stereocenters. The van der Waals surface area contributed by atoms with E-state index in [1.807, 2.05) is 5.92 Å². The molecule has 0 aromatic carbocycles. The van der Waals surface area contributed by atoms with Crippen molar-refractivity contribution in [3.63, 3.8) is 0 Å². The van der Waals surface area contributed by atoms with Gasteiger partial charge < -0.3 is 10.2 Å². The highest BCUT2D eigenvalue weighted by atomic mass is 16.3. The minimum absolute atomic E-state index is 0.325. The Balaban J connectivity index is 3.60. The van der Waals surface area contributed by atoms with Crippen LogP contribution in [0.2, 0.25) is 0 Å². The van der Waals surface area contributed by atoms with E-state index >= 15 is 0 Å². The zero-order valence-corrected chi connectivity index (χ0v) is 5.12. The van der Waals surface area contributed by atoms with Crippen LogP contribution in [-0.4, -0.2) is 22.4 Å². The molecule has 50 valence electrons. The van der Waals surface area contributed by atoms with Crippen molar-refractivity contribution in [3.05, 3.63) is 12.7 Å². The molecular formula is C7H10O2. The van der Waals surface area contributed by atoms with E-state index in [9.17, 15) is 0 Å². The first-order valence-corrected chi connectivity index (χ1v) is 2.65. The SMILES string of the molecule is C#CC(O)C(O)CC=C. The maximum atomic E-state index is 8.85. The Bertz CT molecular complexity index is 123. The molecule has 0 aliphatic rings. The highest BCUT2D eigenvalue weighted by molar-refractivity contribution is 4.98. The second-order valence-electron chi connectivity index (χ2n) is 1.70. The number of aliphatic hydroxyl groups excluding tert-OH is 2. The van der Waals surface area contributed by atoms with Crippen molar-refractivity contribution >= 4 is 0 Å². The van der Waals surface area contributed by atoms with Gasteiger partial charge in [-0.2, -0.15) is 0 Å². The van der Waals surface area contributed by atoms with E-state index < -0.39 is 12.2 Å². The molecule has 0 aliphatic heterocycles. The van der Waals surface area contributed by atoms with Crippen molar-refractivity contribution in [2.45, 2.75) is 18.6 Å². The summed E-state index contributed by atoms with van der Waals surface area (Å²) >= 11 is 0. The number of hydrogen-bond acceptors (Lipinski definition) is 2. The van der Waals surface area contributed by atoms with Gasteiger partial charge >= 0.3 is 0 Å². The molecule has 9 heavy (non-hydrogen) atoms. The maximum absolute atomic E-state index is 8.85. The van der Waals surface area contributed by atoms with Crippen LogP contribution in [0.5, 0.6) is 0 Å². The Morgan fingerprint density at radius 3 is 2.56 bits per heavy atom. The Hall–Kier alpha value is -0.780. The molecule has 0 radical (unpaired) electrons. The fourth-order valence-electron chi connectivity index (χ4n) is 0.411. The normalized spacial score (nSPS) is 15.7. The van der Waals surface area contributed by atoms with Crippen molar-refractivity contribution in [3.8, 4) is 12.3 Å². The summed E-state index contributed by atoms with van der Waals surface area (Å²) in [5, 5.41) is 17.6. The summed E-state index contributed by atoms with van der Waals surface area (Å²) in [5.74, 6) is 2.01. The highest BCUT2D eigenvalue weighted by Crippen LogP contribution is 1.96. The van der Waals surface area contributed by atoms with E-state index in [1.54, 1.807) is 0 Å². The lowest BCUT2D eigenvalue weighted by atomic mass is 10.1. The molecule has 0 fully saturated rings. The molecule has 0 aliphatic carbocycles. The van der Waals surface area contributed by atoms with Crippen LogP contribution < -0.4 is 0 Å².